The third kappa shape index (κ3) is 3.53. The van der Waals surface area contributed by atoms with Crippen molar-refractivity contribution in [2.24, 2.45) is 5.10 Å². The fourth-order valence-corrected chi connectivity index (χ4v) is 3.73. The maximum absolute atomic E-state index is 12.2. The lowest BCUT2D eigenvalue weighted by molar-refractivity contribution is -0.121. The second-order valence-corrected chi connectivity index (χ2v) is 6.56. The van der Waals surface area contributed by atoms with Crippen LogP contribution in [0.1, 0.15) is 36.6 Å². The molecule has 0 saturated carbocycles. The highest BCUT2D eigenvalue weighted by atomic mass is 32.1. The topological polar surface area (TPSA) is 73.8 Å². The highest BCUT2D eigenvalue weighted by molar-refractivity contribution is 7.10. The highest BCUT2D eigenvalue weighted by Crippen LogP contribution is 2.27. The standard InChI is InChI=1S/C15H20N4O2S/c20-14-6-5-11(17-18-14)15(21)16-10-12(13-4-3-9-22-13)19-7-1-2-8-19/h3-4,9,12H,1-2,5-8,10H2,(H,16,21)(H,18,20)/t12-/m1/s1. The van der Waals surface area contributed by atoms with Crippen LogP contribution < -0.4 is 10.7 Å². The fourth-order valence-electron chi connectivity index (χ4n) is 2.87. The van der Waals surface area contributed by atoms with E-state index in [1.807, 2.05) is 6.07 Å². The van der Waals surface area contributed by atoms with Crippen LogP contribution in [0.15, 0.2) is 22.6 Å². The minimum absolute atomic E-state index is 0.134. The van der Waals surface area contributed by atoms with Gasteiger partial charge in [-0.05, 0) is 37.4 Å². The summed E-state index contributed by atoms with van der Waals surface area (Å²) >= 11 is 1.73. The molecule has 1 aromatic rings. The first-order chi connectivity index (χ1) is 10.7. The Kier molecular flexibility index (Phi) is 4.84. The van der Waals surface area contributed by atoms with Gasteiger partial charge in [0, 0.05) is 24.3 Å². The van der Waals surface area contributed by atoms with Crippen LogP contribution in [0, 0.1) is 0 Å². The maximum atomic E-state index is 12.2. The molecule has 0 aromatic carbocycles. The van der Waals surface area contributed by atoms with Crippen molar-refractivity contribution < 1.29 is 9.59 Å². The van der Waals surface area contributed by atoms with Crippen molar-refractivity contribution in [3.63, 3.8) is 0 Å². The van der Waals surface area contributed by atoms with E-state index in [1.165, 1.54) is 17.7 Å². The summed E-state index contributed by atoms with van der Waals surface area (Å²) in [6.07, 6.45) is 3.17. The molecule has 2 aliphatic rings. The molecule has 1 aromatic heterocycles. The monoisotopic (exact) mass is 320 g/mol. The molecule has 2 amide bonds. The normalized spacial score (nSPS) is 20.4. The smallest absolute Gasteiger partial charge is 0.267 e. The lowest BCUT2D eigenvalue weighted by atomic mass is 10.1. The molecule has 1 fully saturated rings. The van der Waals surface area contributed by atoms with E-state index in [-0.39, 0.29) is 17.9 Å². The zero-order valence-electron chi connectivity index (χ0n) is 12.4. The molecule has 6 nitrogen and oxygen atoms in total. The molecule has 22 heavy (non-hydrogen) atoms. The summed E-state index contributed by atoms with van der Waals surface area (Å²) in [6, 6.07) is 4.40. The van der Waals surface area contributed by atoms with Crippen LogP contribution in [0.3, 0.4) is 0 Å². The Labute approximate surface area is 133 Å². The predicted octanol–water partition coefficient (Wildman–Crippen LogP) is 1.27. The second-order valence-electron chi connectivity index (χ2n) is 5.58. The van der Waals surface area contributed by atoms with Crippen LogP contribution in [0.4, 0.5) is 0 Å². The van der Waals surface area contributed by atoms with E-state index < -0.39 is 0 Å². The molecular weight excluding hydrogens is 300 g/mol. The number of carbonyl (C=O) groups is 2. The number of amides is 2. The number of hydrogen-bond acceptors (Lipinski definition) is 5. The molecule has 3 rings (SSSR count). The van der Waals surface area contributed by atoms with Gasteiger partial charge >= 0.3 is 0 Å². The third-order valence-electron chi connectivity index (χ3n) is 4.08. The predicted molar refractivity (Wildman–Crippen MR) is 85.7 cm³/mol. The third-order valence-corrected chi connectivity index (χ3v) is 5.05. The molecular formula is C15H20N4O2S. The molecule has 0 aliphatic carbocycles. The Morgan fingerprint density at radius 3 is 2.86 bits per heavy atom. The van der Waals surface area contributed by atoms with Gasteiger partial charge in [-0.1, -0.05) is 6.07 Å². The Hall–Kier alpha value is -1.73. The molecule has 1 saturated heterocycles. The molecule has 0 radical (unpaired) electrons. The van der Waals surface area contributed by atoms with Gasteiger partial charge in [0.05, 0.1) is 6.04 Å². The van der Waals surface area contributed by atoms with Gasteiger partial charge in [-0.25, -0.2) is 5.43 Å². The lowest BCUT2D eigenvalue weighted by Crippen LogP contribution is -2.41. The molecule has 118 valence electrons. The molecule has 7 heteroatoms. The Morgan fingerprint density at radius 2 is 2.23 bits per heavy atom. The van der Waals surface area contributed by atoms with Gasteiger partial charge in [-0.3, -0.25) is 14.5 Å². The Morgan fingerprint density at radius 1 is 1.41 bits per heavy atom. The average molecular weight is 320 g/mol. The minimum atomic E-state index is -0.180. The number of thiophene rings is 1. The summed E-state index contributed by atoms with van der Waals surface area (Å²) in [5.41, 5.74) is 2.77. The van der Waals surface area contributed by atoms with Crippen LogP contribution in [-0.4, -0.2) is 42.1 Å². The molecule has 2 N–H and O–H groups in total. The van der Waals surface area contributed by atoms with Gasteiger partial charge in [0.15, 0.2) is 0 Å². The van der Waals surface area contributed by atoms with Crippen LogP contribution in [0.2, 0.25) is 0 Å². The number of nitrogens with zero attached hydrogens (tertiary/aromatic N) is 2. The van der Waals surface area contributed by atoms with Gasteiger partial charge in [-0.15, -0.1) is 11.3 Å². The Balaban J connectivity index is 1.61. The van der Waals surface area contributed by atoms with E-state index in [1.54, 1.807) is 11.3 Å². The molecule has 0 unspecified atom stereocenters. The van der Waals surface area contributed by atoms with E-state index in [9.17, 15) is 9.59 Å². The van der Waals surface area contributed by atoms with Crippen LogP contribution >= 0.6 is 11.3 Å². The van der Waals surface area contributed by atoms with Crippen molar-refractivity contribution in [2.45, 2.75) is 31.7 Å². The quantitative estimate of drug-likeness (QED) is 0.858. The molecule has 3 heterocycles. The zero-order valence-corrected chi connectivity index (χ0v) is 13.2. The van der Waals surface area contributed by atoms with Crippen LogP contribution in [-0.2, 0) is 9.59 Å². The number of nitrogens with one attached hydrogen (secondary N) is 2. The van der Waals surface area contributed by atoms with Gasteiger partial charge in [0.1, 0.15) is 5.71 Å². The van der Waals surface area contributed by atoms with Crippen LogP contribution in [0.5, 0.6) is 0 Å². The van der Waals surface area contributed by atoms with Gasteiger partial charge in [-0.2, -0.15) is 5.10 Å². The SMILES string of the molecule is O=C1CCC(C(=O)NC[C@H](c2cccs2)N2CCCC2)=NN1. The summed E-state index contributed by atoms with van der Waals surface area (Å²) in [7, 11) is 0. The van der Waals surface area contributed by atoms with Crippen molar-refractivity contribution in [1.82, 2.24) is 15.6 Å². The van der Waals surface area contributed by atoms with Crippen molar-refractivity contribution in [2.75, 3.05) is 19.6 Å². The van der Waals surface area contributed by atoms with Gasteiger partial charge in [0.25, 0.3) is 5.91 Å². The Bertz CT molecular complexity index is 564. The summed E-state index contributed by atoms with van der Waals surface area (Å²) < 4.78 is 0. The zero-order chi connectivity index (χ0) is 15.4. The fraction of sp³-hybridized carbons (Fsp3) is 0.533. The van der Waals surface area contributed by atoms with E-state index in [0.717, 1.165) is 13.1 Å². The van der Waals surface area contributed by atoms with Crippen LogP contribution in [0.25, 0.3) is 0 Å². The molecule has 0 spiro atoms. The average Bonchev–Trinajstić information content (AvgIpc) is 3.22. The second kappa shape index (κ2) is 7.02. The lowest BCUT2D eigenvalue weighted by Gasteiger charge is -2.27. The summed E-state index contributed by atoms with van der Waals surface area (Å²) in [6.45, 7) is 2.73. The number of hydrazone groups is 1. The minimum Gasteiger partial charge on any atom is -0.349 e. The number of hydrogen-bond donors (Lipinski definition) is 2. The van der Waals surface area contributed by atoms with Crippen molar-refractivity contribution in [3.8, 4) is 0 Å². The first-order valence-electron chi connectivity index (χ1n) is 7.65. The number of likely N-dealkylation sites (tertiary alicyclic amines) is 1. The van der Waals surface area contributed by atoms with Crippen molar-refractivity contribution in [3.05, 3.63) is 22.4 Å². The van der Waals surface area contributed by atoms with Gasteiger partial charge < -0.3 is 5.32 Å². The maximum Gasteiger partial charge on any atom is 0.267 e. The number of rotatable bonds is 5. The van der Waals surface area contributed by atoms with E-state index in [0.29, 0.717) is 25.1 Å². The van der Waals surface area contributed by atoms with Crippen molar-refractivity contribution >= 4 is 28.9 Å². The largest absolute Gasteiger partial charge is 0.349 e. The molecule has 0 bridgehead atoms. The molecule has 2 aliphatic heterocycles. The van der Waals surface area contributed by atoms with E-state index in [4.69, 9.17) is 0 Å². The van der Waals surface area contributed by atoms with Crippen molar-refractivity contribution in [1.29, 1.82) is 0 Å². The first kappa shape index (κ1) is 15.2. The highest BCUT2D eigenvalue weighted by Gasteiger charge is 2.26. The van der Waals surface area contributed by atoms with Gasteiger partial charge in [0.2, 0.25) is 5.91 Å². The summed E-state index contributed by atoms with van der Waals surface area (Å²) in [5.74, 6) is -0.314. The van der Waals surface area contributed by atoms with E-state index >= 15 is 0 Å². The van der Waals surface area contributed by atoms with E-state index in [2.05, 4.69) is 32.2 Å². The molecule has 1 atom stereocenters. The summed E-state index contributed by atoms with van der Waals surface area (Å²) in [4.78, 5) is 27.0. The first-order valence-corrected chi connectivity index (χ1v) is 8.53. The summed E-state index contributed by atoms with van der Waals surface area (Å²) in [5, 5.41) is 8.89. The number of carbonyl (C=O) groups excluding carboxylic acids is 2.